The van der Waals surface area contributed by atoms with Crippen LogP contribution in [0.2, 0.25) is 5.02 Å². The number of fused-ring (bicyclic) bond motifs is 1. The molecule has 0 unspecified atom stereocenters. The third kappa shape index (κ3) is 4.94. The van der Waals surface area contributed by atoms with Gasteiger partial charge in [0.05, 0.1) is 27.7 Å². The molecule has 1 fully saturated rings. The van der Waals surface area contributed by atoms with E-state index >= 15 is 0 Å². The van der Waals surface area contributed by atoms with Gasteiger partial charge in [-0.15, -0.1) is 0 Å². The van der Waals surface area contributed by atoms with Gasteiger partial charge in [-0.05, 0) is 73.9 Å². The van der Waals surface area contributed by atoms with Gasteiger partial charge >= 0.3 is 0 Å². The monoisotopic (exact) mass is 519 g/mol. The summed E-state index contributed by atoms with van der Waals surface area (Å²) in [4.78, 5) is 17.8. The normalized spacial score (nSPS) is 15.4. The smallest absolute Gasteiger partial charge is 0.255 e. The SMILES string of the molecule is Cc1cc(N2CCCCCS2(=O)=O)ccc1C(=O)Nc1ccc(Cl)c(-c2ccc3ccccc3n2)c1. The number of nitrogens with one attached hydrogen (secondary N) is 1. The van der Waals surface area contributed by atoms with E-state index in [1.165, 1.54) is 4.31 Å². The second kappa shape index (κ2) is 9.91. The van der Waals surface area contributed by atoms with E-state index in [-0.39, 0.29) is 11.7 Å². The Morgan fingerprint density at radius 1 is 0.972 bits per heavy atom. The third-order valence-corrected chi connectivity index (χ3v) is 8.64. The molecule has 8 heteroatoms. The number of aromatic nitrogens is 1. The minimum atomic E-state index is -3.35. The summed E-state index contributed by atoms with van der Waals surface area (Å²) >= 11 is 6.48. The number of carbonyl (C=O) groups excluding carboxylic acids is 1. The molecule has 6 nitrogen and oxygen atoms in total. The van der Waals surface area contributed by atoms with Crippen molar-refractivity contribution in [1.82, 2.24) is 4.98 Å². The maximum atomic E-state index is 13.1. The van der Waals surface area contributed by atoms with Gasteiger partial charge in [0.2, 0.25) is 10.0 Å². The highest BCUT2D eigenvalue weighted by atomic mass is 35.5. The van der Waals surface area contributed by atoms with E-state index in [1.54, 1.807) is 30.3 Å². The van der Waals surface area contributed by atoms with Gasteiger partial charge in [-0.25, -0.2) is 13.4 Å². The van der Waals surface area contributed by atoms with Crippen LogP contribution < -0.4 is 9.62 Å². The molecule has 184 valence electrons. The van der Waals surface area contributed by atoms with Crippen LogP contribution in [0.5, 0.6) is 0 Å². The molecule has 0 spiro atoms. The average Bonchev–Trinajstić information content (AvgIpc) is 3.04. The number of halogens is 1. The lowest BCUT2D eigenvalue weighted by Gasteiger charge is -2.23. The van der Waals surface area contributed by atoms with Gasteiger partial charge < -0.3 is 5.32 Å². The quantitative estimate of drug-likeness (QED) is 0.336. The standard InChI is InChI=1S/C28H26ClN3O3S/c1-19-17-22(32-15-5-2-6-16-36(32,34)35)11-12-23(19)28(33)30-21-10-13-25(29)24(18-21)27-14-9-20-7-3-4-8-26(20)31-27/h3-4,7-14,17-18H,2,5-6,15-16H2,1H3,(H,30,33). The fourth-order valence-electron chi connectivity index (χ4n) is 4.53. The van der Waals surface area contributed by atoms with Crippen LogP contribution in [0.3, 0.4) is 0 Å². The maximum absolute atomic E-state index is 13.1. The molecule has 2 heterocycles. The predicted octanol–water partition coefficient (Wildman–Crippen LogP) is 6.44. The fraction of sp³-hybridized carbons (Fsp3) is 0.214. The number of carbonyl (C=O) groups is 1. The van der Waals surface area contributed by atoms with E-state index in [0.717, 1.165) is 29.3 Å². The molecule has 1 aromatic heterocycles. The minimum absolute atomic E-state index is 0.152. The molecule has 0 saturated carbocycles. The lowest BCUT2D eigenvalue weighted by atomic mass is 10.1. The van der Waals surface area contributed by atoms with Crippen molar-refractivity contribution in [3.8, 4) is 11.3 Å². The molecule has 1 amide bonds. The van der Waals surface area contributed by atoms with Crippen LogP contribution in [0.1, 0.15) is 35.2 Å². The summed E-state index contributed by atoms with van der Waals surface area (Å²) in [6.45, 7) is 2.28. The first kappa shape index (κ1) is 24.3. The number of aryl methyl sites for hydroxylation is 1. The molecule has 4 aromatic rings. The number of benzene rings is 3. The van der Waals surface area contributed by atoms with Gasteiger partial charge in [-0.1, -0.05) is 42.3 Å². The molecule has 1 aliphatic rings. The van der Waals surface area contributed by atoms with Crippen molar-refractivity contribution < 1.29 is 13.2 Å². The van der Waals surface area contributed by atoms with Crippen molar-refractivity contribution in [3.63, 3.8) is 0 Å². The number of anilines is 2. The number of sulfonamides is 1. The van der Waals surface area contributed by atoms with Crippen molar-refractivity contribution in [3.05, 3.63) is 88.9 Å². The third-order valence-electron chi connectivity index (χ3n) is 6.44. The van der Waals surface area contributed by atoms with Crippen molar-refractivity contribution in [1.29, 1.82) is 0 Å². The Balaban J connectivity index is 1.39. The summed E-state index contributed by atoms with van der Waals surface area (Å²) < 4.78 is 26.8. The van der Waals surface area contributed by atoms with Gasteiger partial charge in [0.25, 0.3) is 5.91 Å². The Labute approximate surface area is 216 Å². The van der Waals surface area contributed by atoms with E-state index < -0.39 is 10.0 Å². The minimum Gasteiger partial charge on any atom is -0.322 e. The predicted molar refractivity (Wildman–Crippen MR) is 146 cm³/mol. The van der Waals surface area contributed by atoms with E-state index in [2.05, 4.69) is 5.32 Å². The molecular formula is C28H26ClN3O3S. The molecule has 1 saturated heterocycles. The Bertz CT molecular complexity index is 1570. The summed E-state index contributed by atoms with van der Waals surface area (Å²) in [5, 5.41) is 4.51. The van der Waals surface area contributed by atoms with E-state index in [0.29, 0.717) is 46.2 Å². The van der Waals surface area contributed by atoms with Crippen LogP contribution >= 0.6 is 11.6 Å². The zero-order valence-electron chi connectivity index (χ0n) is 19.9. The number of nitrogens with zero attached hydrogens (tertiary/aromatic N) is 2. The number of rotatable bonds is 4. The van der Waals surface area contributed by atoms with Crippen LogP contribution in [0.15, 0.2) is 72.8 Å². The first-order valence-corrected chi connectivity index (χ1v) is 13.9. The van der Waals surface area contributed by atoms with Crippen LogP contribution in [0, 0.1) is 6.92 Å². The molecule has 1 N–H and O–H groups in total. The van der Waals surface area contributed by atoms with Crippen molar-refractivity contribution in [2.75, 3.05) is 21.9 Å². The second-order valence-corrected chi connectivity index (χ2v) is 11.4. The van der Waals surface area contributed by atoms with E-state index in [1.807, 2.05) is 49.4 Å². The molecule has 1 aliphatic heterocycles. The highest BCUT2D eigenvalue weighted by Crippen LogP contribution is 2.31. The molecular weight excluding hydrogens is 494 g/mol. The Morgan fingerprint density at radius 3 is 2.64 bits per heavy atom. The zero-order chi connectivity index (χ0) is 25.3. The largest absolute Gasteiger partial charge is 0.322 e. The number of para-hydroxylation sites is 1. The molecule has 0 radical (unpaired) electrons. The van der Waals surface area contributed by atoms with E-state index in [4.69, 9.17) is 16.6 Å². The Kier molecular flexibility index (Phi) is 6.69. The van der Waals surface area contributed by atoms with Gasteiger partial charge in [0.15, 0.2) is 0 Å². The van der Waals surface area contributed by atoms with Gasteiger partial charge in [-0.3, -0.25) is 9.10 Å². The lowest BCUT2D eigenvalue weighted by Crippen LogP contribution is -2.32. The molecule has 36 heavy (non-hydrogen) atoms. The molecule has 0 aliphatic carbocycles. The fourth-order valence-corrected chi connectivity index (χ4v) is 6.37. The Morgan fingerprint density at radius 2 is 1.81 bits per heavy atom. The van der Waals surface area contributed by atoms with Crippen LogP contribution in [0.25, 0.3) is 22.2 Å². The van der Waals surface area contributed by atoms with Crippen LogP contribution in [0.4, 0.5) is 11.4 Å². The van der Waals surface area contributed by atoms with Crippen LogP contribution in [-0.4, -0.2) is 31.6 Å². The number of amides is 1. The van der Waals surface area contributed by atoms with Gasteiger partial charge in [0, 0.05) is 28.7 Å². The summed E-state index contributed by atoms with van der Waals surface area (Å²) in [7, 11) is -3.35. The highest BCUT2D eigenvalue weighted by Gasteiger charge is 2.25. The topological polar surface area (TPSA) is 79.4 Å². The summed E-state index contributed by atoms with van der Waals surface area (Å²) in [6.07, 6.45) is 2.40. The molecule has 0 atom stereocenters. The highest BCUT2D eigenvalue weighted by molar-refractivity contribution is 7.92. The van der Waals surface area contributed by atoms with Crippen molar-refractivity contribution in [2.24, 2.45) is 0 Å². The zero-order valence-corrected chi connectivity index (χ0v) is 21.4. The van der Waals surface area contributed by atoms with Gasteiger partial charge in [0.1, 0.15) is 0 Å². The van der Waals surface area contributed by atoms with Crippen molar-refractivity contribution >= 4 is 49.8 Å². The summed E-state index contributed by atoms with van der Waals surface area (Å²) in [6, 6.07) is 22.2. The Hall–Kier alpha value is -3.42. The average molecular weight is 520 g/mol. The van der Waals surface area contributed by atoms with Crippen molar-refractivity contribution in [2.45, 2.75) is 26.2 Å². The first-order valence-electron chi connectivity index (χ1n) is 11.9. The first-order chi connectivity index (χ1) is 17.3. The number of hydrogen-bond acceptors (Lipinski definition) is 4. The number of hydrogen-bond donors (Lipinski definition) is 1. The molecule has 5 rings (SSSR count). The lowest BCUT2D eigenvalue weighted by molar-refractivity contribution is 0.102. The second-order valence-electron chi connectivity index (χ2n) is 8.99. The van der Waals surface area contributed by atoms with E-state index in [9.17, 15) is 13.2 Å². The molecule has 3 aromatic carbocycles. The van der Waals surface area contributed by atoms with Crippen LogP contribution in [-0.2, 0) is 10.0 Å². The molecule has 0 bridgehead atoms. The summed E-state index contributed by atoms with van der Waals surface area (Å²) in [5.41, 5.74) is 4.67. The number of pyridine rings is 1. The van der Waals surface area contributed by atoms with Gasteiger partial charge in [-0.2, -0.15) is 0 Å². The maximum Gasteiger partial charge on any atom is 0.255 e. The summed E-state index contributed by atoms with van der Waals surface area (Å²) in [5.74, 6) is -0.128.